The molecule has 5 rings (SSSR count). The van der Waals surface area contributed by atoms with E-state index in [0.29, 0.717) is 36.3 Å². The van der Waals surface area contributed by atoms with Crippen LogP contribution in [-0.4, -0.2) is 58.1 Å². The SMILES string of the molecule is CCNC(=NCc1nc(-c2ccco2)n[nH]1)N1CC(CCN2CCCC2=O)c2ccccc21.I. The van der Waals surface area contributed by atoms with Crippen molar-refractivity contribution in [2.45, 2.75) is 38.6 Å². The number of guanidine groups is 1. The number of likely N-dealkylation sites (tertiary alicyclic amines) is 1. The van der Waals surface area contributed by atoms with Gasteiger partial charge < -0.3 is 19.5 Å². The number of amides is 1. The number of carbonyl (C=O) groups is 1. The number of anilines is 1. The van der Waals surface area contributed by atoms with Crippen molar-refractivity contribution in [1.29, 1.82) is 0 Å². The number of furan rings is 1. The maximum atomic E-state index is 12.0. The molecule has 0 aliphatic carbocycles. The molecule has 2 N–H and O–H groups in total. The molecule has 2 aliphatic heterocycles. The number of hydrogen-bond donors (Lipinski definition) is 2. The van der Waals surface area contributed by atoms with Crippen molar-refractivity contribution in [3.63, 3.8) is 0 Å². The number of carbonyl (C=O) groups excluding carboxylic acids is 1. The Morgan fingerprint density at radius 3 is 2.94 bits per heavy atom. The highest BCUT2D eigenvalue weighted by atomic mass is 127. The van der Waals surface area contributed by atoms with Crippen LogP contribution in [0.1, 0.15) is 43.5 Å². The number of H-pyrrole nitrogens is 1. The van der Waals surface area contributed by atoms with Crippen LogP contribution >= 0.6 is 24.0 Å². The zero-order chi connectivity index (χ0) is 22.6. The molecule has 1 amide bonds. The highest BCUT2D eigenvalue weighted by Crippen LogP contribution is 2.38. The number of fused-ring (bicyclic) bond motifs is 1. The number of halogens is 1. The molecule has 3 aromatic rings. The normalized spacial score (nSPS) is 17.7. The molecule has 180 valence electrons. The van der Waals surface area contributed by atoms with Gasteiger partial charge in [0.05, 0.1) is 6.26 Å². The van der Waals surface area contributed by atoms with Crippen LogP contribution in [0.4, 0.5) is 5.69 Å². The predicted octanol–water partition coefficient (Wildman–Crippen LogP) is 3.76. The maximum absolute atomic E-state index is 12.0. The molecule has 1 fully saturated rings. The van der Waals surface area contributed by atoms with Crippen molar-refractivity contribution >= 4 is 41.5 Å². The molecule has 2 aliphatic rings. The van der Waals surface area contributed by atoms with Gasteiger partial charge in [0, 0.05) is 44.2 Å². The number of aliphatic imine (C=N–C) groups is 1. The first-order valence-corrected chi connectivity index (χ1v) is 11.6. The van der Waals surface area contributed by atoms with Gasteiger partial charge in [0.1, 0.15) is 12.4 Å². The predicted molar refractivity (Wildman–Crippen MR) is 141 cm³/mol. The second kappa shape index (κ2) is 11.0. The Morgan fingerprint density at radius 2 is 2.18 bits per heavy atom. The summed E-state index contributed by atoms with van der Waals surface area (Å²) in [5.41, 5.74) is 2.48. The van der Waals surface area contributed by atoms with Crippen LogP contribution in [0.2, 0.25) is 0 Å². The Balaban J connectivity index is 0.00000274. The van der Waals surface area contributed by atoms with Crippen LogP contribution in [0.25, 0.3) is 11.6 Å². The van der Waals surface area contributed by atoms with E-state index in [1.807, 2.05) is 17.0 Å². The van der Waals surface area contributed by atoms with Crippen LogP contribution in [0.15, 0.2) is 52.1 Å². The fourth-order valence-electron chi connectivity index (χ4n) is 4.62. The highest BCUT2D eigenvalue weighted by Gasteiger charge is 2.32. The van der Waals surface area contributed by atoms with Crippen LogP contribution < -0.4 is 10.2 Å². The van der Waals surface area contributed by atoms with Gasteiger partial charge in [0.2, 0.25) is 11.7 Å². The Morgan fingerprint density at radius 1 is 1.29 bits per heavy atom. The fraction of sp³-hybridized carbons (Fsp3) is 0.417. The van der Waals surface area contributed by atoms with Crippen molar-refractivity contribution in [2.75, 3.05) is 31.1 Å². The number of hydrogen-bond acceptors (Lipinski definition) is 5. The van der Waals surface area contributed by atoms with Crippen molar-refractivity contribution in [1.82, 2.24) is 25.4 Å². The lowest BCUT2D eigenvalue weighted by atomic mass is 9.98. The molecular formula is C24H30IN7O2. The van der Waals surface area contributed by atoms with Crippen molar-refractivity contribution in [2.24, 2.45) is 4.99 Å². The van der Waals surface area contributed by atoms with Crippen LogP contribution in [0.3, 0.4) is 0 Å². The molecule has 34 heavy (non-hydrogen) atoms. The summed E-state index contributed by atoms with van der Waals surface area (Å²) in [6, 6.07) is 12.1. The summed E-state index contributed by atoms with van der Waals surface area (Å²) < 4.78 is 5.37. The van der Waals surface area contributed by atoms with Gasteiger partial charge in [-0.25, -0.2) is 9.98 Å². The van der Waals surface area contributed by atoms with E-state index in [1.54, 1.807) is 6.26 Å². The molecular weight excluding hydrogens is 545 g/mol. The second-order valence-corrected chi connectivity index (χ2v) is 8.39. The van der Waals surface area contributed by atoms with Gasteiger partial charge in [-0.3, -0.25) is 9.89 Å². The molecule has 0 bridgehead atoms. The van der Waals surface area contributed by atoms with E-state index in [0.717, 1.165) is 45.0 Å². The van der Waals surface area contributed by atoms with Gasteiger partial charge in [-0.05, 0) is 43.5 Å². The van der Waals surface area contributed by atoms with E-state index >= 15 is 0 Å². The fourth-order valence-corrected chi connectivity index (χ4v) is 4.62. The number of rotatable bonds is 7. The highest BCUT2D eigenvalue weighted by molar-refractivity contribution is 14.0. The molecule has 0 spiro atoms. The first-order valence-electron chi connectivity index (χ1n) is 11.6. The summed E-state index contributed by atoms with van der Waals surface area (Å²) in [7, 11) is 0. The summed E-state index contributed by atoms with van der Waals surface area (Å²) in [6.45, 7) is 5.74. The van der Waals surface area contributed by atoms with Crippen LogP contribution in [0, 0.1) is 0 Å². The third kappa shape index (κ3) is 5.11. The van der Waals surface area contributed by atoms with E-state index in [-0.39, 0.29) is 29.9 Å². The molecule has 1 atom stereocenters. The van der Waals surface area contributed by atoms with E-state index in [9.17, 15) is 4.79 Å². The standard InChI is InChI=1S/C24H29N7O2.HI/c1-2-25-24(26-15-21-27-23(29-28-21)20-9-6-14-33-20)31-16-17(18-7-3-4-8-19(18)31)11-13-30-12-5-10-22(30)32;/h3-4,6-9,14,17H,2,5,10-13,15-16H2,1H3,(H,25,26)(H,27,28,29);1H. The number of para-hydroxylation sites is 1. The van der Waals surface area contributed by atoms with Crippen molar-refractivity contribution in [3.8, 4) is 11.6 Å². The average molecular weight is 575 g/mol. The van der Waals surface area contributed by atoms with Gasteiger partial charge in [0.25, 0.3) is 0 Å². The zero-order valence-electron chi connectivity index (χ0n) is 19.2. The van der Waals surface area contributed by atoms with Crippen molar-refractivity contribution < 1.29 is 9.21 Å². The van der Waals surface area contributed by atoms with Gasteiger partial charge in [0.15, 0.2) is 11.7 Å². The van der Waals surface area contributed by atoms with Crippen LogP contribution in [-0.2, 0) is 11.3 Å². The minimum atomic E-state index is 0. The molecule has 1 aromatic carbocycles. The van der Waals surface area contributed by atoms with E-state index in [2.05, 4.69) is 56.6 Å². The number of aromatic nitrogens is 3. The summed E-state index contributed by atoms with van der Waals surface area (Å²) in [5.74, 6) is 3.29. The molecule has 4 heterocycles. The summed E-state index contributed by atoms with van der Waals surface area (Å²) in [6.07, 6.45) is 4.22. The lowest BCUT2D eigenvalue weighted by molar-refractivity contribution is -0.127. The van der Waals surface area contributed by atoms with Gasteiger partial charge >= 0.3 is 0 Å². The first-order chi connectivity index (χ1) is 16.2. The number of benzene rings is 1. The number of aromatic amines is 1. The van der Waals surface area contributed by atoms with E-state index in [4.69, 9.17) is 9.41 Å². The third-order valence-corrected chi connectivity index (χ3v) is 6.23. The largest absolute Gasteiger partial charge is 0.461 e. The smallest absolute Gasteiger partial charge is 0.222 e. The Bertz CT molecular complexity index is 1130. The Hall–Kier alpha value is -2.89. The topological polar surface area (TPSA) is 103 Å². The Labute approximate surface area is 216 Å². The molecule has 1 unspecified atom stereocenters. The number of nitrogens with zero attached hydrogens (tertiary/aromatic N) is 5. The summed E-state index contributed by atoms with van der Waals surface area (Å²) in [4.78, 5) is 25.6. The molecule has 0 saturated carbocycles. The second-order valence-electron chi connectivity index (χ2n) is 8.39. The molecule has 9 nitrogen and oxygen atoms in total. The minimum Gasteiger partial charge on any atom is -0.461 e. The van der Waals surface area contributed by atoms with Crippen LogP contribution in [0.5, 0.6) is 0 Å². The minimum absolute atomic E-state index is 0. The lowest BCUT2D eigenvalue weighted by Crippen LogP contribution is -2.41. The monoisotopic (exact) mass is 575 g/mol. The van der Waals surface area contributed by atoms with Gasteiger partial charge in [-0.2, -0.15) is 0 Å². The van der Waals surface area contributed by atoms with Gasteiger partial charge in [-0.15, -0.1) is 29.1 Å². The quantitative estimate of drug-likeness (QED) is 0.253. The van der Waals surface area contributed by atoms with Crippen molar-refractivity contribution in [3.05, 3.63) is 54.0 Å². The van der Waals surface area contributed by atoms with Gasteiger partial charge in [-0.1, -0.05) is 18.2 Å². The third-order valence-electron chi connectivity index (χ3n) is 6.23. The summed E-state index contributed by atoms with van der Waals surface area (Å²) in [5, 5.41) is 10.6. The number of nitrogens with one attached hydrogen (secondary N) is 2. The lowest BCUT2D eigenvalue weighted by Gasteiger charge is -2.23. The molecule has 1 saturated heterocycles. The average Bonchev–Trinajstić information content (AvgIpc) is 3.63. The summed E-state index contributed by atoms with van der Waals surface area (Å²) >= 11 is 0. The maximum Gasteiger partial charge on any atom is 0.222 e. The Kier molecular flexibility index (Phi) is 7.86. The van der Waals surface area contributed by atoms with E-state index in [1.165, 1.54) is 11.3 Å². The molecule has 0 radical (unpaired) electrons. The molecule has 2 aromatic heterocycles. The van der Waals surface area contributed by atoms with E-state index < -0.39 is 0 Å². The first kappa shape index (κ1) is 24.2. The zero-order valence-corrected chi connectivity index (χ0v) is 21.6. The molecule has 10 heteroatoms.